The maximum Gasteiger partial charge on any atom is 0.247 e. The lowest BCUT2D eigenvalue weighted by atomic mass is 9.87. The molecule has 5 heteroatoms. The van der Waals surface area contributed by atoms with Crippen molar-refractivity contribution in [3.8, 4) is 5.69 Å². The van der Waals surface area contributed by atoms with Crippen LogP contribution in [0.25, 0.3) is 5.69 Å². The van der Waals surface area contributed by atoms with Crippen LogP contribution in [0.3, 0.4) is 0 Å². The Bertz CT molecular complexity index is 546. The number of rotatable bonds is 3. The molecule has 0 aliphatic heterocycles. The first-order chi connectivity index (χ1) is 9.17. The van der Waals surface area contributed by atoms with E-state index in [1.54, 1.807) is 4.68 Å². The molecular formula is C14H19N5. The molecular weight excluding hydrogens is 238 g/mol. The van der Waals surface area contributed by atoms with Crippen molar-refractivity contribution in [2.75, 3.05) is 5.32 Å². The number of hydrogen-bond acceptors (Lipinski definition) is 4. The van der Waals surface area contributed by atoms with Crippen LogP contribution < -0.4 is 5.32 Å². The van der Waals surface area contributed by atoms with E-state index in [1.807, 2.05) is 30.3 Å². The average Bonchev–Trinajstić information content (AvgIpc) is 2.99. The summed E-state index contributed by atoms with van der Waals surface area (Å²) in [6.45, 7) is 4.60. The van der Waals surface area contributed by atoms with Crippen molar-refractivity contribution in [1.82, 2.24) is 20.2 Å². The van der Waals surface area contributed by atoms with Crippen molar-refractivity contribution in [2.24, 2.45) is 5.41 Å². The normalized spacial score (nSPS) is 21.5. The molecule has 2 aromatic rings. The number of anilines is 1. The van der Waals surface area contributed by atoms with Gasteiger partial charge < -0.3 is 5.32 Å². The minimum Gasteiger partial charge on any atom is -0.349 e. The third-order valence-electron chi connectivity index (χ3n) is 4.03. The SMILES string of the molecule is CC1(C)CCCC1Nc1nnnn1-c1ccccc1. The molecule has 0 radical (unpaired) electrons. The summed E-state index contributed by atoms with van der Waals surface area (Å²) in [6, 6.07) is 10.4. The number of tetrazole rings is 1. The van der Waals surface area contributed by atoms with Gasteiger partial charge in [-0.25, -0.2) is 0 Å². The summed E-state index contributed by atoms with van der Waals surface area (Å²) >= 11 is 0. The van der Waals surface area contributed by atoms with Crippen LogP contribution >= 0.6 is 0 Å². The van der Waals surface area contributed by atoms with Crippen molar-refractivity contribution in [1.29, 1.82) is 0 Å². The predicted octanol–water partition coefficient (Wildman–Crippen LogP) is 2.65. The molecule has 100 valence electrons. The Hall–Kier alpha value is -1.91. The Morgan fingerprint density at radius 3 is 2.74 bits per heavy atom. The lowest BCUT2D eigenvalue weighted by Crippen LogP contribution is -2.32. The van der Waals surface area contributed by atoms with E-state index in [1.165, 1.54) is 19.3 Å². The number of nitrogens with one attached hydrogen (secondary N) is 1. The molecule has 0 bridgehead atoms. The molecule has 1 unspecified atom stereocenters. The molecule has 3 rings (SSSR count). The van der Waals surface area contributed by atoms with Gasteiger partial charge in [-0.3, -0.25) is 0 Å². The van der Waals surface area contributed by atoms with Gasteiger partial charge in [0.05, 0.1) is 5.69 Å². The Kier molecular flexibility index (Phi) is 2.97. The van der Waals surface area contributed by atoms with Crippen LogP contribution in [0.4, 0.5) is 5.95 Å². The second kappa shape index (κ2) is 4.64. The number of hydrogen-bond donors (Lipinski definition) is 1. The van der Waals surface area contributed by atoms with E-state index in [2.05, 4.69) is 34.7 Å². The van der Waals surface area contributed by atoms with Gasteiger partial charge in [0.15, 0.2) is 0 Å². The fourth-order valence-electron chi connectivity index (χ4n) is 2.77. The summed E-state index contributed by atoms with van der Waals surface area (Å²) < 4.78 is 1.76. The van der Waals surface area contributed by atoms with Crippen molar-refractivity contribution < 1.29 is 0 Å². The van der Waals surface area contributed by atoms with E-state index < -0.39 is 0 Å². The molecule has 1 aromatic heterocycles. The Labute approximate surface area is 113 Å². The first-order valence-corrected chi connectivity index (χ1v) is 6.77. The van der Waals surface area contributed by atoms with Crippen LogP contribution in [0.5, 0.6) is 0 Å². The van der Waals surface area contributed by atoms with Crippen molar-refractivity contribution in [2.45, 2.75) is 39.2 Å². The number of para-hydroxylation sites is 1. The number of aromatic nitrogens is 4. The van der Waals surface area contributed by atoms with Gasteiger partial charge in [0.2, 0.25) is 5.95 Å². The molecule has 5 nitrogen and oxygen atoms in total. The highest BCUT2D eigenvalue weighted by molar-refractivity contribution is 5.39. The zero-order valence-electron chi connectivity index (χ0n) is 11.4. The monoisotopic (exact) mass is 257 g/mol. The zero-order valence-corrected chi connectivity index (χ0v) is 11.4. The van der Waals surface area contributed by atoms with Crippen molar-refractivity contribution in [3.05, 3.63) is 30.3 Å². The topological polar surface area (TPSA) is 55.6 Å². The second-order valence-electron chi connectivity index (χ2n) is 5.83. The maximum atomic E-state index is 4.11. The quantitative estimate of drug-likeness (QED) is 0.918. The predicted molar refractivity (Wildman–Crippen MR) is 74.2 cm³/mol. The maximum absolute atomic E-state index is 4.11. The summed E-state index contributed by atoms with van der Waals surface area (Å²) in [5.41, 5.74) is 1.28. The van der Waals surface area contributed by atoms with Crippen LogP contribution in [0.15, 0.2) is 30.3 Å². The van der Waals surface area contributed by atoms with Crippen LogP contribution in [-0.4, -0.2) is 26.2 Å². The number of benzene rings is 1. The fraction of sp³-hybridized carbons (Fsp3) is 0.500. The van der Waals surface area contributed by atoms with E-state index in [9.17, 15) is 0 Å². The molecule has 1 N–H and O–H groups in total. The smallest absolute Gasteiger partial charge is 0.247 e. The molecule has 1 fully saturated rings. The average molecular weight is 257 g/mol. The second-order valence-corrected chi connectivity index (χ2v) is 5.83. The summed E-state index contributed by atoms with van der Waals surface area (Å²) in [6.07, 6.45) is 3.68. The largest absolute Gasteiger partial charge is 0.349 e. The summed E-state index contributed by atoms with van der Waals surface area (Å²) in [4.78, 5) is 0. The van der Waals surface area contributed by atoms with Crippen molar-refractivity contribution >= 4 is 5.95 Å². The summed E-state index contributed by atoms with van der Waals surface area (Å²) in [5, 5.41) is 15.5. The summed E-state index contributed by atoms with van der Waals surface area (Å²) in [5.74, 6) is 0.728. The lowest BCUT2D eigenvalue weighted by molar-refractivity contribution is 0.348. The molecule has 1 atom stereocenters. The number of nitrogens with zero attached hydrogens (tertiary/aromatic N) is 4. The lowest BCUT2D eigenvalue weighted by Gasteiger charge is -2.27. The Morgan fingerprint density at radius 1 is 1.26 bits per heavy atom. The van der Waals surface area contributed by atoms with Crippen LogP contribution in [-0.2, 0) is 0 Å². The van der Waals surface area contributed by atoms with Gasteiger partial charge in [0.25, 0.3) is 0 Å². The van der Waals surface area contributed by atoms with Gasteiger partial charge in [-0.05, 0) is 40.8 Å². The zero-order chi connectivity index (χ0) is 13.3. The Morgan fingerprint density at radius 2 is 2.05 bits per heavy atom. The molecule has 1 aliphatic carbocycles. The summed E-state index contributed by atoms with van der Waals surface area (Å²) in [7, 11) is 0. The van der Waals surface area contributed by atoms with Gasteiger partial charge in [0, 0.05) is 6.04 Å². The first kappa shape index (κ1) is 12.1. The molecule has 1 saturated carbocycles. The van der Waals surface area contributed by atoms with Gasteiger partial charge in [-0.1, -0.05) is 43.6 Å². The van der Waals surface area contributed by atoms with Crippen LogP contribution in [0.1, 0.15) is 33.1 Å². The molecule has 1 aromatic carbocycles. The molecule has 0 saturated heterocycles. The van der Waals surface area contributed by atoms with E-state index in [-0.39, 0.29) is 0 Å². The van der Waals surface area contributed by atoms with Gasteiger partial charge in [0.1, 0.15) is 0 Å². The highest BCUT2D eigenvalue weighted by Crippen LogP contribution is 2.38. The van der Waals surface area contributed by atoms with Gasteiger partial charge in [-0.2, -0.15) is 4.68 Å². The van der Waals surface area contributed by atoms with E-state index in [4.69, 9.17) is 0 Å². The third kappa shape index (κ3) is 2.32. The van der Waals surface area contributed by atoms with E-state index >= 15 is 0 Å². The van der Waals surface area contributed by atoms with Gasteiger partial charge in [-0.15, -0.1) is 0 Å². The minimum absolute atomic E-state index is 0.299. The standard InChI is InChI=1S/C14H19N5/c1-14(2)10-6-9-12(14)15-13-16-17-18-19(13)11-7-4-3-5-8-11/h3-5,7-8,12H,6,9-10H2,1-2H3,(H,15,16,18). The minimum atomic E-state index is 0.299. The molecule has 0 spiro atoms. The molecule has 19 heavy (non-hydrogen) atoms. The Balaban J connectivity index is 1.85. The third-order valence-corrected chi connectivity index (χ3v) is 4.03. The van der Waals surface area contributed by atoms with Gasteiger partial charge >= 0.3 is 0 Å². The van der Waals surface area contributed by atoms with Crippen LogP contribution in [0.2, 0.25) is 0 Å². The molecule has 1 aliphatic rings. The fourth-order valence-corrected chi connectivity index (χ4v) is 2.77. The van der Waals surface area contributed by atoms with E-state index in [0.717, 1.165) is 11.6 Å². The highest BCUT2D eigenvalue weighted by atomic mass is 15.6. The highest BCUT2D eigenvalue weighted by Gasteiger charge is 2.35. The van der Waals surface area contributed by atoms with Crippen molar-refractivity contribution in [3.63, 3.8) is 0 Å². The van der Waals surface area contributed by atoms with E-state index in [0.29, 0.717) is 11.5 Å². The van der Waals surface area contributed by atoms with Crippen LogP contribution in [0, 0.1) is 5.41 Å². The first-order valence-electron chi connectivity index (χ1n) is 6.77. The molecule has 0 amide bonds. The molecule has 1 heterocycles.